The second-order valence-corrected chi connectivity index (χ2v) is 6.31. The Morgan fingerprint density at radius 2 is 1.56 bits per heavy atom. The average Bonchev–Trinajstić information content (AvgIpc) is 2.60. The van der Waals surface area contributed by atoms with Gasteiger partial charge >= 0.3 is 0 Å². The molecule has 0 saturated carbocycles. The minimum Gasteiger partial charge on any atom is -0.497 e. The standard InChI is InChI=1S/C16H17NO7S/c1-22-11-6-10(7-12(8-11)23-2)16(18)17-14-5-4-13(25(19,20)21)9-15(14)24-3/h4-9H,1-3H3,(H,17,18)(H,19,20,21). The fourth-order valence-corrected chi connectivity index (χ4v) is 2.56. The van der Waals surface area contributed by atoms with Crippen molar-refractivity contribution in [3.8, 4) is 17.2 Å². The monoisotopic (exact) mass is 367 g/mol. The summed E-state index contributed by atoms with van der Waals surface area (Å²) in [5.74, 6) is 0.491. The molecule has 0 bridgehead atoms. The maximum absolute atomic E-state index is 12.5. The zero-order chi connectivity index (χ0) is 18.6. The zero-order valence-electron chi connectivity index (χ0n) is 13.8. The third-order valence-electron chi connectivity index (χ3n) is 3.33. The van der Waals surface area contributed by atoms with Crippen molar-refractivity contribution in [3.05, 3.63) is 42.0 Å². The van der Waals surface area contributed by atoms with Gasteiger partial charge in [0.15, 0.2) is 0 Å². The first kappa shape index (κ1) is 18.6. The van der Waals surface area contributed by atoms with Crippen molar-refractivity contribution >= 4 is 21.7 Å². The summed E-state index contributed by atoms with van der Waals surface area (Å²) < 4.78 is 46.7. The van der Waals surface area contributed by atoms with E-state index in [9.17, 15) is 13.2 Å². The fraction of sp³-hybridized carbons (Fsp3) is 0.188. The molecule has 2 aromatic rings. The van der Waals surface area contributed by atoms with E-state index in [2.05, 4.69) is 5.32 Å². The summed E-state index contributed by atoms with van der Waals surface area (Å²) in [5.41, 5.74) is 0.513. The van der Waals surface area contributed by atoms with Gasteiger partial charge in [0.05, 0.1) is 31.9 Å². The van der Waals surface area contributed by atoms with Crippen molar-refractivity contribution in [2.24, 2.45) is 0 Å². The van der Waals surface area contributed by atoms with E-state index in [-0.39, 0.29) is 21.9 Å². The summed E-state index contributed by atoms with van der Waals surface area (Å²) in [4.78, 5) is 12.1. The Bertz CT molecular complexity index is 871. The van der Waals surface area contributed by atoms with Crippen molar-refractivity contribution in [1.82, 2.24) is 0 Å². The molecule has 2 rings (SSSR count). The van der Waals surface area contributed by atoms with Crippen LogP contribution < -0.4 is 19.5 Å². The molecule has 0 spiro atoms. The average molecular weight is 367 g/mol. The normalized spacial score (nSPS) is 10.9. The zero-order valence-corrected chi connectivity index (χ0v) is 14.6. The van der Waals surface area contributed by atoms with Gasteiger partial charge in [0.1, 0.15) is 17.2 Å². The van der Waals surface area contributed by atoms with E-state index in [0.717, 1.165) is 12.1 Å². The number of hydrogen-bond acceptors (Lipinski definition) is 6. The van der Waals surface area contributed by atoms with Crippen molar-refractivity contribution in [1.29, 1.82) is 0 Å². The van der Waals surface area contributed by atoms with Gasteiger partial charge in [0.25, 0.3) is 16.0 Å². The van der Waals surface area contributed by atoms with Crippen molar-refractivity contribution in [2.75, 3.05) is 26.6 Å². The number of carbonyl (C=O) groups is 1. The molecule has 9 heteroatoms. The van der Waals surface area contributed by atoms with Crippen molar-refractivity contribution < 1.29 is 32.0 Å². The molecule has 134 valence electrons. The largest absolute Gasteiger partial charge is 0.497 e. The Labute approximate surface area is 145 Å². The Balaban J connectivity index is 2.35. The van der Waals surface area contributed by atoms with Crippen LogP contribution in [0.15, 0.2) is 41.3 Å². The smallest absolute Gasteiger partial charge is 0.294 e. The predicted octanol–water partition coefficient (Wildman–Crippen LogP) is 2.21. The maximum atomic E-state index is 12.5. The summed E-state index contributed by atoms with van der Waals surface area (Å²) >= 11 is 0. The number of rotatable bonds is 6. The third-order valence-corrected chi connectivity index (χ3v) is 4.18. The molecule has 1 amide bonds. The Hall–Kier alpha value is -2.78. The number of nitrogens with one attached hydrogen (secondary N) is 1. The number of anilines is 1. The fourth-order valence-electron chi connectivity index (χ4n) is 2.07. The first-order valence-corrected chi connectivity index (χ1v) is 8.42. The molecule has 0 saturated heterocycles. The van der Waals surface area contributed by atoms with E-state index in [4.69, 9.17) is 18.8 Å². The number of carbonyl (C=O) groups excluding carboxylic acids is 1. The lowest BCUT2D eigenvalue weighted by molar-refractivity contribution is 0.102. The maximum Gasteiger partial charge on any atom is 0.294 e. The molecule has 2 N–H and O–H groups in total. The molecular formula is C16H17NO7S. The molecule has 0 heterocycles. The molecule has 0 aromatic heterocycles. The van der Waals surface area contributed by atoms with E-state index in [1.165, 1.54) is 39.5 Å². The van der Waals surface area contributed by atoms with Crippen LogP contribution in [0.4, 0.5) is 5.69 Å². The van der Waals surface area contributed by atoms with Gasteiger partial charge in [0.2, 0.25) is 0 Å². The lowest BCUT2D eigenvalue weighted by Crippen LogP contribution is -2.13. The van der Waals surface area contributed by atoms with Crippen molar-refractivity contribution in [2.45, 2.75) is 4.90 Å². The van der Waals surface area contributed by atoms with Crippen LogP contribution in [0.2, 0.25) is 0 Å². The highest BCUT2D eigenvalue weighted by atomic mass is 32.2. The second-order valence-electron chi connectivity index (χ2n) is 4.89. The minimum atomic E-state index is -4.38. The van der Waals surface area contributed by atoms with Gasteiger partial charge in [-0.05, 0) is 24.3 Å². The molecule has 0 atom stereocenters. The van der Waals surface area contributed by atoms with Crippen LogP contribution in [0.1, 0.15) is 10.4 Å². The predicted molar refractivity (Wildman–Crippen MR) is 90.3 cm³/mol. The molecule has 0 radical (unpaired) electrons. The molecular weight excluding hydrogens is 350 g/mol. The molecule has 25 heavy (non-hydrogen) atoms. The van der Waals surface area contributed by atoms with Gasteiger partial charge in [-0.2, -0.15) is 8.42 Å². The third kappa shape index (κ3) is 4.40. The van der Waals surface area contributed by atoms with Gasteiger partial charge in [0, 0.05) is 17.7 Å². The summed E-state index contributed by atoms with van der Waals surface area (Å²) in [7, 11) is -0.132. The van der Waals surface area contributed by atoms with E-state index in [1.807, 2.05) is 0 Å². The van der Waals surface area contributed by atoms with E-state index < -0.39 is 16.0 Å². The lowest BCUT2D eigenvalue weighted by Gasteiger charge is -2.12. The van der Waals surface area contributed by atoms with Gasteiger partial charge < -0.3 is 19.5 Å². The Morgan fingerprint density at radius 3 is 2.04 bits per heavy atom. The highest BCUT2D eigenvalue weighted by Crippen LogP contribution is 2.29. The van der Waals surface area contributed by atoms with Crippen LogP contribution in [0.5, 0.6) is 17.2 Å². The molecule has 0 unspecified atom stereocenters. The Kier molecular flexibility index (Phi) is 5.50. The summed E-state index contributed by atoms with van der Waals surface area (Å²) in [6.45, 7) is 0. The molecule has 2 aromatic carbocycles. The van der Waals surface area contributed by atoms with Crippen molar-refractivity contribution in [3.63, 3.8) is 0 Å². The van der Waals surface area contributed by atoms with Crippen LogP contribution in [0.25, 0.3) is 0 Å². The topological polar surface area (TPSA) is 111 Å². The number of hydrogen-bond donors (Lipinski definition) is 2. The van der Waals surface area contributed by atoms with Gasteiger partial charge in [-0.1, -0.05) is 0 Å². The first-order valence-electron chi connectivity index (χ1n) is 6.98. The summed E-state index contributed by atoms with van der Waals surface area (Å²) in [5, 5.41) is 2.61. The molecule has 8 nitrogen and oxygen atoms in total. The molecule has 0 aliphatic rings. The Morgan fingerprint density at radius 1 is 0.960 bits per heavy atom. The number of ether oxygens (including phenoxy) is 3. The molecule has 0 aliphatic carbocycles. The van der Waals surface area contributed by atoms with E-state index >= 15 is 0 Å². The highest BCUT2D eigenvalue weighted by Gasteiger charge is 2.16. The van der Waals surface area contributed by atoms with E-state index in [1.54, 1.807) is 6.07 Å². The quantitative estimate of drug-likeness (QED) is 0.753. The van der Waals surface area contributed by atoms with Crippen LogP contribution >= 0.6 is 0 Å². The highest BCUT2D eigenvalue weighted by molar-refractivity contribution is 7.85. The van der Waals surface area contributed by atoms with Crippen LogP contribution in [0, 0.1) is 0 Å². The minimum absolute atomic E-state index is 0.0818. The molecule has 0 fully saturated rings. The van der Waals surface area contributed by atoms with Gasteiger partial charge in [-0.25, -0.2) is 0 Å². The number of benzene rings is 2. The van der Waals surface area contributed by atoms with Gasteiger partial charge in [-0.3, -0.25) is 9.35 Å². The van der Waals surface area contributed by atoms with Crippen LogP contribution in [0.3, 0.4) is 0 Å². The van der Waals surface area contributed by atoms with Gasteiger partial charge in [-0.15, -0.1) is 0 Å². The van der Waals surface area contributed by atoms with Crippen LogP contribution in [-0.4, -0.2) is 40.2 Å². The number of amides is 1. The van der Waals surface area contributed by atoms with Crippen LogP contribution in [-0.2, 0) is 10.1 Å². The summed E-state index contributed by atoms with van der Waals surface area (Å²) in [6.07, 6.45) is 0. The first-order chi connectivity index (χ1) is 11.8. The summed E-state index contributed by atoms with van der Waals surface area (Å²) in [6, 6.07) is 8.25. The number of methoxy groups -OCH3 is 3. The lowest BCUT2D eigenvalue weighted by atomic mass is 10.1. The van der Waals surface area contributed by atoms with E-state index in [0.29, 0.717) is 11.5 Å². The molecule has 0 aliphatic heterocycles. The second kappa shape index (κ2) is 7.41. The SMILES string of the molecule is COc1cc(OC)cc(C(=O)Nc2ccc(S(=O)(=O)O)cc2OC)c1.